The van der Waals surface area contributed by atoms with Crippen LogP contribution in [0.1, 0.15) is 119 Å². The Hall–Kier alpha value is -2.96. The summed E-state index contributed by atoms with van der Waals surface area (Å²) in [5.41, 5.74) is -1.72. The zero-order valence-electron chi connectivity index (χ0n) is 31.3. The molecule has 50 heavy (non-hydrogen) atoms. The van der Waals surface area contributed by atoms with Crippen molar-refractivity contribution in [1.82, 2.24) is 26.2 Å². The minimum Gasteiger partial charge on any atom is -0.346 e. The molecule has 5 amide bonds. The molecule has 4 N–H and O–H groups in total. The molecule has 5 atom stereocenters. The summed E-state index contributed by atoms with van der Waals surface area (Å²) in [6.07, 6.45) is 9.10. The van der Waals surface area contributed by atoms with E-state index in [4.69, 9.17) is 0 Å². The Labute approximate surface area is 299 Å². The van der Waals surface area contributed by atoms with Crippen LogP contribution in [0, 0.1) is 22.7 Å². The predicted molar refractivity (Wildman–Crippen MR) is 193 cm³/mol. The Morgan fingerprint density at radius 1 is 0.940 bits per heavy atom. The maximum absolute atomic E-state index is 14.7. The van der Waals surface area contributed by atoms with Crippen LogP contribution in [-0.2, 0) is 29.0 Å². The molecule has 1 aliphatic heterocycles. The highest BCUT2D eigenvalue weighted by molar-refractivity contribution is 7.92. The molecule has 0 aromatic heterocycles. The number of sulfone groups is 1. The second-order valence-corrected chi connectivity index (χ2v) is 19.9. The first kappa shape index (κ1) is 39.8. The molecule has 2 unspecified atom stereocenters. The molecule has 13 heteroatoms. The fourth-order valence-corrected chi connectivity index (χ4v) is 10.3. The molecule has 4 aliphatic rings. The van der Waals surface area contributed by atoms with Crippen LogP contribution in [0.3, 0.4) is 0 Å². The number of hydrogen-bond donors (Lipinski definition) is 4. The number of nitrogens with one attached hydrogen (secondary N) is 4. The molecule has 12 nitrogen and oxygen atoms in total. The van der Waals surface area contributed by atoms with Gasteiger partial charge in [0.25, 0.3) is 5.91 Å². The Morgan fingerprint density at radius 3 is 2.10 bits per heavy atom. The fourth-order valence-electron chi connectivity index (χ4n) is 8.73. The molecule has 4 rings (SSSR count). The van der Waals surface area contributed by atoms with Gasteiger partial charge in [-0.2, -0.15) is 0 Å². The van der Waals surface area contributed by atoms with Crippen molar-refractivity contribution in [3.8, 4) is 0 Å². The van der Waals surface area contributed by atoms with Gasteiger partial charge in [0.15, 0.2) is 9.84 Å². The second kappa shape index (κ2) is 14.9. The van der Waals surface area contributed by atoms with Gasteiger partial charge in [-0.25, -0.2) is 13.2 Å². The summed E-state index contributed by atoms with van der Waals surface area (Å²) in [4.78, 5) is 70.0. The summed E-state index contributed by atoms with van der Waals surface area (Å²) in [6, 6.07) is -3.44. The van der Waals surface area contributed by atoms with Crippen LogP contribution >= 0.6 is 0 Å². The monoisotopic (exact) mass is 719 g/mol. The molecule has 0 spiro atoms. The molecule has 0 aromatic rings. The standard InChI is InChI=1S/C37H61N5O7S/c1-9-16-25(28(43)31(45)38-21-10-2)39-30(44)27-26-24(35(26,6)7)22-42(27)32(46)29(36(8)17-14-15-18-36)40-33(47)41-37(19-12-11-13-20-37)23-50(48,49)34(3,4)5/h10,24-27,29H,2,9,11-23H2,1,3-8H3,(H,38,45)(H,39,44)(H2,40,41,47)/t24-,25?,26?,27+,29-/m1/s1. The SMILES string of the molecule is C=CCNC(=O)C(=O)C(CCC)NC(=O)[C@@H]1C2[C@@H](CN1C(=O)[C@@H](NC(=O)NC1(CS(=O)(=O)C(C)(C)C)CCCCC1)C1(C)CCCC1)C2(C)C. The van der Waals surface area contributed by atoms with Crippen molar-refractivity contribution in [2.45, 2.75) is 148 Å². The molecular weight excluding hydrogens is 659 g/mol. The first-order valence-corrected chi connectivity index (χ1v) is 20.2. The van der Waals surface area contributed by atoms with Crippen molar-refractivity contribution in [2.75, 3.05) is 18.8 Å². The number of rotatable bonds is 14. The third-order valence-electron chi connectivity index (χ3n) is 12.2. The summed E-state index contributed by atoms with van der Waals surface area (Å²) in [5, 5.41) is 11.4. The highest BCUT2D eigenvalue weighted by Gasteiger charge is 2.70. The number of fused-ring (bicyclic) bond motifs is 1. The van der Waals surface area contributed by atoms with Crippen LogP contribution in [0.15, 0.2) is 12.7 Å². The smallest absolute Gasteiger partial charge is 0.315 e. The summed E-state index contributed by atoms with van der Waals surface area (Å²) >= 11 is 0. The van der Waals surface area contributed by atoms with Crippen LogP contribution in [0.5, 0.6) is 0 Å². The van der Waals surface area contributed by atoms with Crippen molar-refractivity contribution in [2.24, 2.45) is 22.7 Å². The Morgan fingerprint density at radius 2 is 1.54 bits per heavy atom. The van der Waals surface area contributed by atoms with E-state index in [-0.39, 0.29) is 41.9 Å². The van der Waals surface area contributed by atoms with Crippen molar-refractivity contribution in [1.29, 1.82) is 0 Å². The number of likely N-dealkylation sites (tertiary alicyclic amines) is 1. The number of carbonyl (C=O) groups is 5. The van der Waals surface area contributed by atoms with E-state index in [1.165, 1.54) is 6.08 Å². The van der Waals surface area contributed by atoms with Gasteiger partial charge in [-0.1, -0.05) is 72.3 Å². The first-order valence-electron chi connectivity index (χ1n) is 18.6. The quantitative estimate of drug-likeness (QED) is 0.156. The van der Waals surface area contributed by atoms with Gasteiger partial charge in [0.05, 0.1) is 22.1 Å². The van der Waals surface area contributed by atoms with Gasteiger partial charge in [0.2, 0.25) is 17.6 Å². The number of nitrogens with zero attached hydrogens (tertiary/aromatic N) is 1. The Kier molecular flexibility index (Phi) is 11.9. The summed E-state index contributed by atoms with van der Waals surface area (Å²) in [6.45, 7) is 17.0. The maximum Gasteiger partial charge on any atom is 0.315 e. The zero-order chi connectivity index (χ0) is 37.3. The average Bonchev–Trinajstić information content (AvgIpc) is 3.39. The molecule has 0 aromatic carbocycles. The average molecular weight is 720 g/mol. The Balaban J connectivity index is 1.59. The van der Waals surface area contributed by atoms with Crippen LogP contribution in [0.2, 0.25) is 0 Å². The van der Waals surface area contributed by atoms with Crippen LogP contribution in [0.4, 0.5) is 4.79 Å². The van der Waals surface area contributed by atoms with Crippen LogP contribution in [-0.4, -0.2) is 90.1 Å². The predicted octanol–water partition coefficient (Wildman–Crippen LogP) is 3.79. The van der Waals surface area contributed by atoms with Crippen molar-refractivity contribution in [3.63, 3.8) is 0 Å². The van der Waals surface area contributed by atoms with Gasteiger partial charge in [0, 0.05) is 13.1 Å². The number of Topliss-reactive ketones (excluding diaryl/α,β-unsaturated/α-hetero) is 1. The zero-order valence-corrected chi connectivity index (χ0v) is 32.1. The van der Waals surface area contributed by atoms with E-state index in [0.717, 1.165) is 32.1 Å². The molecule has 0 bridgehead atoms. The van der Waals surface area contributed by atoms with E-state index in [1.807, 2.05) is 13.8 Å². The van der Waals surface area contributed by atoms with Crippen molar-refractivity contribution in [3.05, 3.63) is 12.7 Å². The summed E-state index contributed by atoms with van der Waals surface area (Å²) < 4.78 is 25.8. The fraction of sp³-hybridized carbons (Fsp3) is 0.811. The second-order valence-electron chi connectivity index (χ2n) is 17.2. The van der Waals surface area contributed by atoms with Gasteiger partial charge < -0.3 is 26.2 Å². The van der Waals surface area contributed by atoms with E-state index in [9.17, 15) is 32.4 Å². The molecule has 3 saturated carbocycles. The number of carbonyl (C=O) groups excluding carboxylic acids is 5. The Bertz CT molecular complexity index is 1440. The number of ketones is 1. The molecule has 1 saturated heterocycles. The highest BCUT2D eigenvalue weighted by Crippen LogP contribution is 2.65. The largest absolute Gasteiger partial charge is 0.346 e. The van der Waals surface area contributed by atoms with E-state index in [1.54, 1.807) is 25.7 Å². The number of hydrogen-bond acceptors (Lipinski definition) is 7. The van der Waals surface area contributed by atoms with E-state index >= 15 is 0 Å². The van der Waals surface area contributed by atoms with E-state index in [2.05, 4.69) is 41.7 Å². The number of piperidine rings is 1. The lowest BCUT2D eigenvalue weighted by Crippen LogP contribution is -2.64. The van der Waals surface area contributed by atoms with Gasteiger partial charge in [-0.15, -0.1) is 6.58 Å². The van der Waals surface area contributed by atoms with Crippen molar-refractivity contribution < 1.29 is 32.4 Å². The van der Waals surface area contributed by atoms with Gasteiger partial charge in [-0.05, 0) is 75.5 Å². The molecule has 282 valence electrons. The normalized spacial score (nSPS) is 26.1. The lowest BCUT2D eigenvalue weighted by molar-refractivity contribution is -0.145. The third kappa shape index (κ3) is 8.23. The molecule has 1 heterocycles. The van der Waals surface area contributed by atoms with Crippen LogP contribution in [0.25, 0.3) is 0 Å². The summed E-state index contributed by atoms with van der Waals surface area (Å²) in [5.74, 6) is -2.63. The van der Waals surface area contributed by atoms with Gasteiger partial charge >= 0.3 is 6.03 Å². The van der Waals surface area contributed by atoms with Crippen molar-refractivity contribution >= 4 is 39.4 Å². The molecule has 4 fully saturated rings. The highest BCUT2D eigenvalue weighted by atomic mass is 32.2. The molecule has 0 radical (unpaired) electrons. The minimum atomic E-state index is -3.56. The molecular formula is C37H61N5O7S. The van der Waals surface area contributed by atoms with Gasteiger partial charge in [-0.3, -0.25) is 19.2 Å². The number of amides is 5. The third-order valence-corrected chi connectivity index (χ3v) is 15.0. The van der Waals surface area contributed by atoms with Crippen LogP contribution < -0.4 is 21.3 Å². The topological polar surface area (TPSA) is 171 Å². The minimum absolute atomic E-state index is 0.0670. The van der Waals surface area contributed by atoms with Gasteiger partial charge in [0.1, 0.15) is 12.1 Å². The molecule has 3 aliphatic carbocycles. The lowest BCUT2D eigenvalue weighted by atomic mass is 9.79. The lowest BCUT2D eigenvalue weighted by Gasteiger charge is -2.42. The maximum atomic E-state index is 14.7. The van der Waals surface area contributed by atoms with E-state index in [0.29, 0.717) is 38.6 Å². The van der Waals surface area contributed by atoms with E-state index < -0.39 is 67.3 Å². The number of urea groups is 1. The first-order chi connectivity index (χ1) is 23.2. The summed E-state index contributed by atoms with van der Waals surface area (Å²) in [7, 11) is -3.56.